The fourth-order valence-corrected chi connectivity index (χ4v) is 3.01. The third-order valence-electron chi connectivity index (χ3n) is 5.03. The minimum Gasteiger partial charge on any atom is -0.493 e. The number of rotatable bonds is 8. The van der Waals surface area contributed by atoms with Gasteiger partial charge in [-0.15, -0.1) is 0 Å². The van der Waals surface area contributed by atoms with Crippen LogP contribution in [-0.4, -0.2) is 29.8 Å². The zero-order valence-corrected chi connectivity index (χ0v) is 17.4. The van der Waals surface area contributed by atoms with Gasteiger partial charge in [0.05, 0.1) is 13.2 Å². The quantitative estimate of drug-likeness (QED) is 0.531. The predicted molar refractivity (Wildman–Crippen MR) is 121 cm³/mol. The minimum absolute atomic E-state index is 0.425. The molecule has 5 nitrogen and oxygen atoms in total. The number of carbonyl (C=O) groups excluding carboxylic acids is 1. The van der Waals surface area contributed by atoms with Crippen LogP contribution >= 0.6 is 0 Å². The molecule has 0 heterocycles. The Morgan fingerprint density at radius 3 is 2.33 bits per heavy atom. The number of hydrogen-bond donors (Lipinski definition) is 3. The molecule has 0 unspecified atom stereocenters. The molecule has 0 aliphatic heterocycles. The van der Waals surface area contributed by atoms with Crippen LogP contribution in [0.25, 0.3) is 11.1 Å². The van der Waals surface area contributed by atoms with Crippen molar-refractivity contribution >= 4 is 11.6 Å². The zero-order chi connectivity index (χ0) is 21.6. The van der Waals surface area contributed by atoms with Crippen LogP contribution in [0.5, 0.6) is 5.75 Å². The summed E-state index contributed by atoms with van der Waals surface area (Å²) in [5.74, 6) is 0.287. The highest BCUT2D eigenvalue weighted by atomic mass is 16.5. The number of aliphatic hydroxyl groups excluding tert-OH is 1. The Bertz CT molecular complexity index is 980. The van der Waals surface area contributed by atoms with Crippen molar-refractivity contribution in [2.24, 2.45) is 5.73 Å². The molecule has 4 N–H and O–H groups in total. The molecule has 3 aromatic rings. The Labute approximate surface area is 177 Å². The van der Waals surface area contributed by atoms with Crippen molar-refractivity contribution in [3.63, 3.8) is 0 Å². The third-order valence-corrected chi connectivity index (χ3v) is 5.03. The topological polar surface area (TPSA) is 84.6 Å². The Hall–Kier alpha value is -3.15. The maximum absolute atomic E-state index is 12.0. The van der Waals surface area contributed by atoms with E-state index in [9.17, 15) is 4.79 Å². The van der Waals surface area contributed by atoms with Crippen molar-refractivity contribution in [1.29, 1.82) is 0 Å². The van der Waals surface area contributed by atoms with Crippen molar-refractivity contribution < 1.29 is 14.6 Å². The van der Waals surface area contributed by atoms with Crippen LogP contribution in [0.4, 0.5) is 5.69 Å². The van der Waals surface area contributed by atoms with Gasteiger partial charge in [0, 0.05) is 12.1 Å². The molecule has 0 aromatic heterocycles. The molecular weight excluding hydrogens is 376 g/mol. The summed E-state index contributed by atoms with van der Waals surface area (Å²) < 4.78 is 5.81. The lowest BCUT2D eigenvalue weighted by Crippen LogP contribution is -2.51. The molecule has 156 valence electrons. The van der Waals surface area contributed by atoms with Crippen molar-refractivity contribution in [1.82, 2.24) is 0 Å². The lowest BCUT2D eigenvalue weighted by Gasteiger charge is -2.20. The van der Waals surface area contributed by atoms with Gasteiger partial charge < -0.3 is 20.9 Å². The van der Waals surface area contributed by atoms with Crippen molar-refractivity contribution in [3.05, 3.63) is 83.9 Å². The highest BCUT2D eigenvalue weighted by Crippen LogP contribution is 2.23. The van der Waals surface area contributed by atoms with Crippen LogP contribution in [0.15, 0.2) is 72.8 Å². The Morgan fingerprint density at radius 1 is 1.03 bits per heavy atom. The maximum atomic E-state index is 12.0. The second-order valence-corrected chi connectivity index (χ2v) is 7.66. The number of nitrogens with one attached hydrogen (secondary N) is 1. The van der Waals surface area contributed by atoms with E-state index in [0.29, 0.717) is 12.3 Å². The molecule has 1 atom stereocenters. The van der Waals surface area contributed by atoms with Gasteiger partial charge in [-0.3, -0.25) is 4.79 Å². The van der Waals surface area contributed by atoms with Crippen LogP contribution < -0.4 is 15.8 Å². The van der Waals surface area contributed by atoms with Crippen molar-refractivity contribution in [3.8, 4) is 16.9 Å². The van der Waals surface area contributed by atoms with Crippen molar-refractivity contribution in [2.45, 2.75) is 25.8 Å². The average molecular weight is 405 g/mol. The number of ether oxygens (including phenoxy) is 1. The van der Waals surface area contributed by atoms with Gasteiger partial charge in [0.1, 0.15) is 11.3 Å². The number of nitrogens with two attached hydrogens (primary N) is 1. The maximum Gasteiger partial charge on any atom is 0.246 e. The first-order chi connectivity index (χ1) is 14.4. The number of hydrogen-bond acceptors (Lipinski definition) is 4. The molecule has 0 radical (unpaired) electrons. The summed E-state index contributed by atoms with van der Waals surface area (Å²) >= 11 is 0. The van der Waals surface area contributed by atoms with E-state index >= 15 is 0 Å². The molecule has 3 rings (SSSR count). The van der Waals surface area contributed by atoms with Gasteiger partial charge in [-0.2, -0.15) is 0 Å². The molecule has 30 heavy (non-hydrogen) atoms. The average Bonchev–Trinajstić information content (AvgIpc) is 2.76. The molecule has 0 aliphatic carbocycles. The molecule has 0 spiro atoms. The minimum atomic E-state index is -1.32. The molecular formula is C25H28N2O3. The fourth-order valence-electron chi connectivity index (χ4n) is 3.01. The number of amides is 1. The van der Waals surface area contributed by atoms with E-state index in [-0.39, 0.29) is 0 Å². The van der Waals surface area contributed by atoms with Crippen LogP contribution in [-0.2, 0) is 11.2 Å². The Morgan fingerprint density at radius 2 is 1.70 bits per heavy atom. The molecule has 0 bridgehead atoms. The van der Waals surface area contributed by atoms with Crippen molar-refractivity contribution in [2.75, 3.05) is 18.5 Å². The second-order valence-electron chi connectivity index (χ2n) is 7.66. The summed E-state index contributed by atoms with van der Waals surface area (Å²) in [7, 11) is 0. The molecule has 1 amide bonds. The summed E-state index contributed by atoms with van der Waals surface area (Å²) in [6.45, 7) is 3.73. The van der Waals surface area contributed by atoms with Gasteiger partial charge in [0.2, 0.25) is 5.91 Å². The first kappa shape index (κ1) is 21.6. The smallest absolute Gasteiger partial charge is 0.246 e. The number of aliphatic hydroxyl groups is 1. The van der Waals surface area contributed by atoms with Gasteiger partial charge in [0.25, 0.3) is 0 Å². The van der Waals surface area contributed by atoms with E-state index < -0.39 is 18.1 Å². The SMILES string of the molecule is Cc1ccccc1-c1ccc(CCOc2ccc(NC(=O)[C@@](C)(N)CO)cc2)cc1. The predicted octanol–water partition coefficient (Wildman–Crippen LogP) is 3.93. The van der Waals surface area contributed by atoms with E-state index in [1.807, 2.05) is 0 Å². The van der Waals surface area contributed by atoms with Gasteiger partial charge in [-0.1, -0.05) is 48.5 Å². The lowest BCUT2D eigenvalue weighted by molar-refractivity contribution is -0.121. The molecule has 0 fully saturated rings. The number of anilines is 1. The van der Waals surface area contributed by atoms with Gasteiger partial charge in [0.15, 0.2) is 0 Å². The Balaban J connectivity index is 1.51. The van der Waals surface area contributed by atoms with Crippen LogP contribution in [0.1, 0.15) is 18.1 Å². The van der Waals surface area contributed by atoms with Crippen LogP contribution in [0.3, 0.4) is 0 Å². The second kappa shape index (κ2) is 9.57. The molecule has 3 aromatic carbocycles. The van der Waals surface area contributed by atoms with E-state index in [1.165, 1.54) is 29.2 Å². The highest BCUT2D eigenvalue weighted by molar-refractivity contribution is 5.97. The van der Waals surface area contributed by atoms with E-state index in [2.05, 4.69) is 60.8 Å². The first-order valence-corrected chi connectivity index (χ1v) is 9.98. The monoisotopic (exact) mass is 404 g/mol. The van der Waals surface area contributed by atoms with Crippen LogP contribution in [0.2, 0.25) is 0 Å². The highest BCUT2D eigenvalue weighted by Gasteiger charge is 2.27. The first-order valence-electron chi connectivity index (χ1n) is 9.98. The van der Waals surface area contributed by atoms with E-state index in [0.717, 1.165) is 12.2 Å². The number of aryl methyl sites for hydroxylation is 1. The van der Waals surface area contributed by atoms with E-state index in [1.54, 1.807) is 24.3 Å². The third kappa shape index (κ3) is 5.47. The largest absolute Gasteiger partial charge is 0.493 e. The molecule has 0 saturated heterocycles. The van der Waals surface area contributed by atoms with Crippen LogP contribution in [0, 0.1) is 6.92 Å². The summed E-state index contributed by atoms with van der Waals surface area (Å²) in [6, 6.07) is 24.0. The van der Waals surface area contributed by atoms with Gasteiger partial charge >= 0.3 is 0 Å². The fraction of sp³-hybridized carbons (Fsp3) is 0.240. The summed E-state index contributed by atoms with van der Waals surface area (Å²) in [6.07, 6.45) is 0.800. The normalized spacial score (nSPS) is 12.8. The van der Waals surface area contributed by atoms with Gasteiger partial charge in [-0.05, 0) is 60.4 Å². The zero-order valence-electron chi connectivity index (χ0n) is 17.4. The summed E-state index contributed by atoms with van der Waals surface area (Å²) in [5, 5.41) is 11.8. The standard InChI is InChI=1S/C25H28N2O3/c1-18-5-3-4-6-23(18)20-9-7-19(8-10-20)15-16-30-22-13-11-21(12-14-22)27-24(29)25(2,26)17-28/h3-14,28H,15-17,26H2,1-2H3,(H,27,29)/t25-/m0/s1. The lowest BCUT2D eigenvalue weighted by atomic mass is 9.99. The molecule has 5 heteroatoms. The molecule has 0 saturated carbocycles. The number of benzene rings is 3. The molecule has 0 aliphatic rings. The summed E-state index contributed by atoms with van der Waals surface area (Å²) in [4.78, 5) is 12.0. The van der Waals surface area contributed by atoms with E-state index in [4.69, 9.17) is 15.6 Å². The number of carbonyl (C=O) groups is 1. The summed E-state index contributed by atoms with van der Waals surface area (Å²) in [5.41, 5.74) is 9.95. The Kier molecular flexibility index (Phi) is 6.87. The van der Waals surface area contributed by atoms with Gasteiger partial charge in [-0.25, -0.2) is 0 Å².